The maximum absolute atomic E-state index is 13.0. The van der Waals surface area contributed by atoms with Crippen LogP contribution in [-0.4, -0.2) is 28.6 Å². The van der Waals surface area contributed by atoms with Gasteiger partial charge in [-0.05, 0) is 12.6 Å². The number of rotatable bonds is 6. The van der Waals surface area contributed by atoms with Gasteiger partial charge in [0.1, 0.15) is 5.82 Å². The third-order valence-corrected chi connectivity index (χ3v) is 2.09. The molecule has 0 fully saturated rings. The molecule has 0 aromatic heterocycles. The van der Waals surface area contributed by atoms with Gasteiger partial charge in [0.25, 0.3) is 0 Å². The molecular formula is C10H11FN2O5. The van der Waals surface area contributed by atoms with E-state index in [1.807, 2.05) is 0 Å². The second-order valence-electron chi connectivity index (χ2n) is 3.39. The van der Waals surface area contributed by atoms with Gasteiger partial charge in [-0.3, -0.25) is 10.1 Å². The Morgan fingerprint density at radius 3 is 2.78 bits per heavy atom. The van der Waals surface area contributed by atoms with Crippen molar-refractivity contribution in [3.63, 3.8) is 0 Å². The number of nitrogens with zero attached hydrogens (tertiary/aromatic N) is 1. The van der Waals surface area contributed by atoms with Crippen LogP contribution >= 0.6 is 0 Å². The fraction of sp³-hybridized carbons (Fsp3) is 0.300. The van der Waals surface area contributed by atoms with Crippen molar-refractivity contribution in [2.45, 2.75) is 12.5 Å². The molecule has 0 amide bonds. The van der Waals surface area contributed by atoms with Crippen molar-refractivity contribution in [2.24, 2.45) is 5.73 Å². The zero-order valence-corrected chi connectivity index (χ0v) is 9.21. The standard InChI is InChI=1S/C10H11FN2O5/c11-6-1-2-7(13(16)17)9(5-6)18-8(3-4-12)10(14)15/h1-2,5,8H,3-4,12H2,(H,14,15). The van der Waals surface area contributed by atoms with E-state index in [9.17, 15) is 19.3 Å². The van der Waals surface area contributed by atoms with Crippen molar-refractivity contribution in [1.82, 2.24) is 0 Å². The molecule has 1 unspecified atom stereocenters. The summed E-state index contributed by atoms with van der Waals surface area (Å²) in [5, 5.41) is 19.5. The molecule has 8 heteroatoms. The summed E-state index contributed by atoms with van der Waals surface area (Å²) in [5.74, 6) is -2.51. The van der Waals surface area contributed by atoms with Crippen LogP contribution in [0.1, 0.15) is 6.42 Å². The second-order valence-corrected chi connectivity index (χ2v) is 3.39. The van der Waals surface area contributed by atoms with E-state index in [-0.39, 0.29) is 13.0 Å². The normalized spacial score (nSPS) is 11.9. The summed E-state index contributed by atoms with van der Waals surface area (Å²) >= 11 is 0. The highest BCUT2D eigenvalue weighted by atomic mass is 19.1. The molecule has 1 aromatic carbocycles. The lowest BCUT2D eigenvalue weighted by molar-refractivity contribution is -0.386. The fourth-order valence-corrected chi connectivity index (χ4v) is 1.27. The summed E-state index contributed by atoms with van der Waals surface area (Å²) in [7, 11) is 0. The number of benzene rings is 1. The molecule has 0 bridgehead atoms. The van der Waals surface area contributed by atoms with E-state index in [1.165, 1.54) is 0 Å². The van der Waals surface area contributed by atoms with Crippen molar-refractivity contribution in [3.8, 4) is 5.75 Å². The van der Waals surface area contributed by atoms with E-state index in [0.29, 0.717) is 0 Å². The summed E-state index contributed by atoms with van der Waals surface area (Å²) in [6.45, 7) is 0.0279. The van der Waals surface area contributed by atoms with Gasteiger partial charge in [-0.2, -0.15) is 0 Å². The zero-order valence-electron chi connectivity index (χ0n) is 9.21. The molecule has 0 radical (unpaired) electrons. The van der Waals surface area contributed by atoms with Gasteiger partial charge in [-0.1, -0.05) is 0 Å². The van der Waals surface area contributed by atoms with Crippen molar-refractivity contribution < 1.29 is 24.0 Å². The molecule has 1 aromatic rings. The Hall–Kier alpha value is -2.22. The molecule has 0 saturated heterocycles. The molecular weight excluding hydrogens is 247 g/mol. The number of ether oxygens (including phenoxy) is 1. The van der Waals surface area contributed by atoms with E-state index < -0.39 is 34.3 Å². The van der Waals surface area contributed by atoms with Crippen molar-refractivity contribution >= 4 is 11.7 Å². The molecule has 1 rings (SSSR count). The molecule has 0 heterocycles. The molecule has 3 N–H and O–H groups in total. The molecule has 0 aliphatic carbocycles. The van der Waals surface area contributed by atoms with Gasteiger partial charge in [0.05, 0.1) is 4.92 Å². The van der Waals surface area contributed by atoms with Crippen LogP contribution in [0.2, 0.25) is 0 Å². The monoisotopic (exact) mass is 258 g/mol. The van der Waals surface area contributed by atoms with Gasteiger partial charge in [-0.25, -0.2) is 9.18 Å². The highest BCUT2D eigenvalue weighted by Crippen LogP contribution is 2.28. The van der Waals surface area contributed by atoms with E-state index in [0.717, 1.165) is 18.2 Å². The Bertz CT molecular complexity index is 466. The summed E-state index contributed by atoms with van der Waals surface area (Å²) < 4.78 is 17.9. The molecule has 0 aliphatic rings. The van der Waals surface area contributed by atoms with Gasteiger partial charge in [0.2, 0.25) is 5.75 Å². The summed E-state index contributed by atoms with van der Waals surface area (Å²) in [6.07, 6.45) is -1.39. The second kappa shape index (κ2) is 5.92. The van der Waals surface area contributed by atoms with Gasteiger partial charge in [0, 0.05) is 18.6 Å². The highest BCUT2D eigenvalue weighted by Gasteiger charge is 2.24. The largest absolute Gasteiger partial charge is 0.479 e. The molecule has 98 valence electrons. The Morgan fingerprint density at radius 1 is 1.61 bits per heavy atom. The first-order valence-electron chi connectivity index (χ1n) is 4.99. The highest BCUT2D eigenvalue weighted by molar-refractivity contribution is 5.73. The molecule has 18 heavy (non-hydrogen) atoms. The predicted octanol–water partition coefficient (Wildman–Crippen LogP) is 0.915. The summed E-state index contributed by atoms with van der Waals surface area (Å²) in [4.78, 5) is 20.7. The van der Waals surface area contributed by atoms with Crippen LogP contribution in [0.4, 0.5) is 10.1 Å². The maximum atomic E-state index is 13.0. The van der Waals surface area contributed by atoms with Crippen LogP contribution in [-0.2, 0) is 4.79 Å². The Labute approximate surface area is 101 Å². The lowest BCUT2D eigenvalue weighted by atomic mass is 10.2. The lowest BCUT2D eigenvalue weighted by Crippen LogP contribution is -2.29. The quantitative estimate of drug-likeness (QED) is 0.578. The van der Waals surface area contributed by atoms with Gasteiger partial charge in [0.15, 0.2) is 6.10 Å². The smallest absolute Gasteiger partial charge is 0.344 e. The van der Waals surface area contributed by atoms with Gasteiger partial charge < -0.3 is 15.6 Å². The number of hydrogen-bond donors (Lipinski definition) is 2. The minimum Gasteiger partial charge on any atom is -0.479 e. The van der Waals surface area contributed by atoms with E-state index in [2.05, 4.69) is 0 Å². The maximum Gasteiger partial charge on any atom is 0.344 e. The van der Waals surface area contributed by atoms with Crippen LogP contribution < -0.4 is 10.5 Å². The third kappa shape index (κ3) is 3.39. The average Bonchev–Trinajstić information content (AvgIpc) is 2.28. The predicted molar refractivity (Wildman–Crippen MR) is 58.8 cm³/mol. The topological polar surface area (TPSA) is 116 Å². The number of nitrogens with two attached hydrogens (primary N) is 1. The van der Waals surface area contributed by atoms with Crippen LogP contribution in [0.15, 0.2) is 18.2 Å². The lowest BCUT2D eigenvalue weighted by Gasteiger charge is -2.14. The van der Waals surface area contributed by atoms with Crippen molar-refractivity contribution in [1.29, 1.82) is 0 Å². The van der Waals surface area contributed by atoms with Crippen LogP contribution in [0.3, 0.4) is 0 Å². The molecule has 0 spiro atoms. The molecule has 1 atom stereocenters. The molecule has 0 saturated carbocycles. The van der Waals surface area contributed by atoms with Gasteiger partial charge >= 0.3 is 11.7 Å². The number of hydrogen-bond acceptors (Lipinski definition) is 5. The van der Waals surface area contributed by atoms with Crippen LogP contribution in [0.5, 0.6) is 5.75 Å². The SMILES string of the molecule is NCCC(Oc1cc(F)ccc1[N+](=O)[O-])C(=O)O. The van der Waals surface area contributed by atoms with Crippen molar-refractivity contribution in [3.05, 3.63) is 34.1 Å². The number of nitro groups is 1. The van der Waals surface area contributed by atoms with E-state index in [4.69, 9.17) is 15.6 Å². The minimum absolute atomic E-state index is 0.0279. The number of aliphatic carboxylic acids is 1. The number of carboxylic acids is 1. The first kappa shape index (κ1) is 13.8. The van der Waals surface area contributed by atoms with E-state index in [1.54, 1.807) is 0 Å². The van der Waals surface area contributed by atoms with Crippen LogP contribution in [0.25, 0.3) is 0 Å². The summed E-state index contributed by atoms with van der Waals surface area (Å²) in [6, 6.07) is 2.57. The van der Waals surface area contributed by atoms with Gasteiger partial charge in [-0.15, -0.1) is 0 Å². The molecule has 7 nitrogen and oxygen atoms in total. The third-order valence-electron chi connectivity index (χ3n) is 2.09. The van der Waals surface area contributed by atoms with Crippen LogP contribution in [0, 0.1) is 15.9 Å². The Kier molecular flexibility index (Phi) is 4.55. The zero-order chi connectivity index (χ0) is 13.7. The first-order chi connectivity index (χ1) is 8.45. The minimum atomic E-state index is -1.35. The number of carboxylic acid groups (broad SMARTS) is 1. The number of halogens is 1. The molecule has 0 aliphatic heterocycles. The van der Waals surface area contributed by atoms with E-state index >= 15 is 0 Å². The Morgan fingerprint density at radius 2 is 2.28 bits per heavy atom. The number of nitro benzene ring substituents is 1. The Balaban J connectivity index is 3.03. The fourth-order valence-electron chi connectivity index (χ4n) is 1.27. The first-order valence-corrected chi connectivity index (χ1v) is 4.99. The summed E-state index contributed by atoms with van der Waals surface area (Å²) in [5.41, 5.74) is 4.70. The van der Waals surface area contributed by atoms with Crippen molar-refractivity contribution in [2.75, 3.05) is 6.54 Å². The number of carbonyl (C=O) groups is 1. The average molecular weight is 258 g/mol.